The van der Waals surface area contributed by atoms with Crippen molar-refractivity contribution in [1.82, 2.24) is 0 Å². The summed E-state index contributed by atoms with van der Waals surface area (Å²) >= 11 is 3.13. The van der Waals surface area contributed by atoms with Crippen molar-refractivity contribution in [2.24, 2.45) is 0 Å². The summed E-state index contributed by atoms with van der Waals surface area (Å²) in [4.78, 5) is -0.0482. The molecule has 0 bridgehead atoms. The quantitative estimate of drug-likeness (QED) is 0.587. The summed E-state index contributed by atoms with van der Waals surface area (Å²) < 4.78 is 22.3. The number of halogens is 2. The Hall–Kier alpha value is -0.320. The molecule has 0 saturated carbocycles. The smallest absolute Gasteiger partial charge is 0.207 e. The summed E-state index contributed by atoms with van der Waals surface area (Å²) in [6, 6.07) is 0. The molecule has 0 aromatic carbocycles. The van der Waals surface area contributed by atoms with Gasteiger partial charge in [-0.3, -0.25) is 0 Å². The number of hydrogen-bond acceptors (Lipinski definition) is 2. The first-order valence-corrected chi connectivity index (χ1v) is 6.29. The Balaban J connectivity index is 5.02. The van der Waals surface area contributed by atoms with Crippen LogP contribution in [0.2, 0.25) is 0 Å². The van der Waals surface area contributed by atoms with Gasteiger partial charge in [-0.1, -0.05) is 35.2 Å². The average Bonchev–Trinajstić information content (AvgIpc) is 2.02. The van der Waals surface area contributed by atoms with Gasteiger partial charge in [0.1, 0.15) is 0 Å². The van der Waals surface area contributed by atoms with E-state index in [0.29, 0.717) is 4.48 Å². The lowest BCUT2D eigenvalue weighted by atomic mass is 10.4. The zero-order valence-electron chi connectivity index (χ0n) is 6.70. The Morgan fingerprint density at radius 3 is 2.08 bits per heavy atom. The van der Waals surface area contributed by atoms with Gasteiger partial charge in [0.25, 0.3) is 9.05 Å². The van der Waals surface area contributed by atoms with Crippen LogP contribution in [-0.2, 0) is 9.05 Å². The van der Waals surface area contributed by atoms with E-state index in [4.69, 9.17) is 10.7 Å². The molecule has 0 aliphatic rings. The molecule has 0 rings (SSSR count). The Bertz CT molecular complexity index is 366. The molecule has 0 spiro atoms. The Morgan fingerprint density at radius 1 is 1.23 bits per heavy atom. The highest BCUT2D eigenvalue weighted by atomic mass is 79.9. The zero-order valence-corrected chi connectivity index (χ0v) is 9.86. The summed E-state index contributed by atoms with van der Waals surface area (Å²) in [5.74, 6) is 0. The molecule has 2 nitrogen and oxygen atoms in total. The van der Waals surface area contributed by atoms with Crippen molar-refractivity contribution in [2.75, 3.05) is 0 Å². The molecule has 0 aromatic rings. The Labute approximate surface area is 90.8 Å². The Morgan fingerprint density at radius 2 is 1.77 bits per heavy atom. The highest BCUT2D eigenvalue weighted by Gasteiger charge is 2.08. The van der Waals surface area contributed by atoms with Gasteiger partial charge in [0.15, 0.2) is 0 Å². The molecular weight excluding hydrogens is 276 g/mol. The molecule has 0 atom stereocenters. The standard InChI is InChI=1S/C8H8BrClO2S/c1-3-7(9)5-6-8(4-2)13(10,11)12/h3-6H,1-2H2/b7-5+,8-6+. The van der Waals surface area contributed by atoms with Crippen LogP contribution in [0.5, 0.6) is 0 Å². The summed E-state index contributed by atoms with van der Waals surface area (Å²) in [6.45, 7) is 6.80. The number of hydrogen-bond donors (Lipinski definition) is 0. The fourth-order valence-electron chi connectivity index (χ4n) is 0.479. The molecular formula is C8H8BrClO2S. The minimum atomic E-state index is -3.70. The van der Waals surface area contributed by atoms with E-state index in [1.807, 2.05) is 0 Å². The molecule has 0 radical (unpaired) electrons. The van der Waals surface area contributed by atoms with Gasteiger partial charge in [-0.05, 0) is 18.2 Å². The lowest BCUT2D eigenvalue weighted by Gasteiger charge is -1.92. The monoisotopic (exact) mass is 282 g/mol. The van der Waals surface area contributed by atoms with Crippen LogP contribution in [0, 0.1) is 0 Å². The van der Waals surface area contributed by atoms with Gasteiger partial charge in [0.05, 0.1) is 4.91 Å². The van der Waals surface area contributed by atoms with Crippen LogP contribution >= 0.6 is 26.6 Å². The van der Waals surface area contributed by atoms with Crippen LogP contribution in [0.1, 0.15) is 0 Å². The minimum Gasteiger partial charge on any atom is -0.207 e. The van der Waals surface area contributed by atoms with E-state index in [0.717, 1.165) is 0 Å². The van der Waals surface area contributed by atoms with Crippen molar-refractivity contribution in [2.45, 2.75) is 0 Å². The predicted molar refractivity (Wildman–Crippen MR) is 60.3 cm³/mol. The van der Waals surface area contributed by atoms with Gasteiger partial charge in [0, 0.05) is 15.2 Å². The third kappa shape index (κ3) is 5.08. The van der Waals surface area contributed by atoms with E-state index >= 15 is 0 Å². The van der Waals surface area contributed by atoms with Gasteiger partial charge < -0.3 is 0 Å². The molecule has 0 N–H and O–H groups in total. The third-order valence-corrected chi connectivity index (χ3v) is 3.07. The van der Waals surface area contributed by atoms with Gasteiger partial charge in [-0.25, -0.2) is 8.42 Å². The van der Waals surface area contributed by atoms with E-state index in [1.54, 1.807) is 0 Å². The molecule has 72 valence electrons. The summed E-state index contributed by atoms with van der Waals surface area (Å²) in [7, 11) is 1.38. The van der Waals surface area contributed by atoms with E-state index < -0.39 is 9.05 Å². The fourth-order valence-corrected chi connectivity index (χ4v) is 1.38. The van der Waals surface area contributed by atoms with Crippen LogP contribution in [0.3, 0.4) is 0 Å². The van der Waals surface area contributed by atoms with Crippen molar-refractivity contribution >= 4 is 35.7 Å². The largest absolute Gasteiger partial charge is 0.261 e. The maximum atomic E-state index is 10.8. The van der Waals surface area contributed by atoms with Crippen molar-refractivity contribution in [1.29, 1.82) is 0 Å². The fraction of sp³-hybridized carbons (Fsp3) is 0. The summed E-state index contributed by atoms with van der Waals surface area (Å²) in [6.07, 6.45) is 5.55. The van der Waals surface area contributed by atoms with Gasteiger partial charge in [-0.2, -0.15) is 0 Å². The predicted octanol–water partition coefficient (Wildman–Crippen LogP) is 3.09. The van der Waals surface area contributed by atoms with E-state index in [2.05, 4.69) is 29.1 Å². The normalized spacial score (nSPS) is 14.0. The lowest BCUT2D eigenvalue weighted by molar-refractivity contribution is 0.615. The first kappa shape index (κ1) is 12.7. The maximum absolute atomic E-state index is 10.8. The molecule has 0 saturated heterocycles. The van der Waals surface area contributed by atoms with Crippen LogP contribution in [0.25, 0.3) is 0 Å². The minimum absolute atomic E-state index is 0.0482. The SMILES string of the molecule is C=C/C(Br)=C\C=C(/C=C)S(=O)(=O)Cl. The highest BCUT2D eigenvalue weighted by molar-refractivity contribution is 9.11. The van der Waals surface area contributed by atoms with Crippen molar-refractivity contribution in [3.05, 3.63) is 46.8 Å². The maximum Gasteiger partial charge on any atom is 0.261 e. The second-order valence-electron chi connectivity index (χ2n) is 1.97. The van der Waals surface area contributed by atoms with Gasteiger partial charge in [-0.15, -0.1) is 0 Å². The molecule has 0 amide bonds. The van der Waals surface area contributed by atoms with Gasteiger partial charge >= 0.3 is 0 Å². The van der Waals surface area contributed by atoms with E-state index in [9.17, 15) is 8.42 Å². The first-order valence-electron chi connectivity index (χ1n) is 3.19. The van der Waals surface area contributed by atoms with E-state index in [-0.39, 0.29) is 4.91 Å². The number of allylic oxidation sites excluding steroid dienone is 5. The lowest BCUT2D eigenvalue weighted by Crippen LogP contribution is -1.90. The van der Waals surface area contributed by atoms with Crippen molar-refractivity contribution in [3.8, 4) is 0 Å². The first-order chi connectivity index (χ1) is 5.91. The summed E-state index contributed by atoms with van der Waals surface area (Å²) in [5, 5.41) is 0. The topological polar surface area (TPSA) is 34.1 Å². The van der Waals surface area contributed by atoms with Crippen molar-refractivity contribution < 1.29 is 8.42 Å². The molecule has 0 aromatic heterocycles. The molecule has 0 aliphatic carbocycles. The van der Waals surface area contributed by atoms with E-state index in [1.165, 1.54) is 24.3 Å². The molecule has 0 heterocycles. The second-order valence-corrected chi connectivity index (χ2v) is 5.45. The molecule has 0 aliphatic heterocycles. The highest BCUT2D eigenvalue weighted by Crippen LogP contribution is 2.14. The second kappa shape index (κ2) is 5.42. The zero-order chi connectivity index (χ0) is 10.5. The Kier molecular flexibility index (Phi) is 5.29. The molecule has 13 heavy (non-hydrogen) atoms. The van der Waals surface area contributed by atoms with Gasteiger partial charge in [0.2, 0.25) is 0 Å². The third-order valence-electron chi connectivity index (χ3n) is 1.08. The molecule has 5 heteroatoms. The van der Waals surface area contributed by atoms with Crippen LogP contribution in [0.15, 0.2) is 46.8 Å². The van der Waals surface area contributed by atoms with Crippen LogP contribution < -0.4 is 0 Å². The van der Waals surface area contributed by atoms with Crippen molar-refractivity contribution in [3.63, 3.8) is 0 Å². The van der Waals surface area contributed by atoms with Crippen LogP contribution in [-0.4, -0.2) is 8.42 Å². The summed E-state index contributed by atoms with van der Waals surface area (Å²) in [5.41, 5.74) is 0. The molecule has 0 unspecified atom stereocenters. The van der Waals surface area contributed by atoms with Crippen LogP contribution in [0.4, 0.5) is 0 Å². The molecule has 0 fully saturated rings. The number of rotatable bonds is 4. The average molecular weight is 284 g/mol.